The Morgan fingerprint density at radius 3 is 2.15 bits per heavy atom. The van der Waals surface area contributed by atoms with Crippen LogP contribution in [-0.4, -0.2) is 68.0 Å². The number of nitro groups is 1. The molecule has 0 unspecified atom stereocenters. The van der Waals surface area contributed by atoms with Gasteiger partial charge in [-0.2, -0.15) is 0 Å². The normalized spacial score (nSPS) is 15.9. The molecule has 2 aliphatic heterocycles. The molecule has 10 nitrogen and oxygen atoms in total. The predicted molar refractivity (Wildman–Crippen MR) is 159 cm³/mol. The van der Waals surface area contributed by atoms with Crippen molar-refractivity contribution >= 4 is 34.6 Å². The van der Waals surface area contributed by atoms with Crippen LogP contribution < -0.4 is 19.9 Å². The molecule has 0 saturated carbocycles. The monoisotopic (exact) mass is 557 g/mol. The second-order valence-corrected chi connectivity index (χ2v) is 10.6. The fourth-order valence-corrected chi connectivity index (χ4v) is 5.46. The summed E-state index contributed by atoms with van der Waals surface area (Å²) in [6.07, 6.45) is 1.93. The van der Waals surface area contributed by atoms with Crippen LogP contribution in [0.2, 0.25) is 0 Å². The number of hydrogen-bond acceptors (Lipinski definition) is 7. The third-order valence-corrected chi connectivity index (χ3v) is 7.94. The summed E-state index contributed by atoms with van der Waals surface area (Å²) >= 11 is 0. The Morgan fingerprint density at radius 2 is 1.51 bits per heavy atom. The molecule has 2 heterocycles. The fourth-order valence-electron chi connectivity index (χ4n) is 5.46. The second-order valence-electron chi connectivity index (χ2n) is 10.6. The number of nitrogens with one attached hydrogen (secondary N) is 1. The summed E-state index contributed by atoms with van der Waals surface area (Å²) in [4.78, 5) is 43.7. The lowest BCUT2D eigenvalue weighted by molar-refractivity contribution is -0.384. The van der Waals surface area contributed by atoms with Crippen LogP contribution in [0.4, 0.5) is 22.7 Å². The van der Waals surface area contributed by atoms with Gasteiger partial charge in [0, 0.05) is 68.3 Å². The Morgan fingerprint density at radius 1 is 0.878 bits per heavy atom. The lowest BCUT2D eigenvalue weighted by Crippen LogP contribution is -2.47. The average molecular weight is 558 g/mol. The van der Waals surface area contributed by atoms with E-state index in [4.69, 9.17) is 4.74 Å². The molecule has 5 rings (SSSR count). The van der Waals surface area contributed by atoms with Crippen molar-refractivity contribution in [3.63, 3.8) is 0 Å². The molecule has 2 fully saturated rings. The minimum absolute atomic E-state index is 0.0366. The number of carbonyl (C=O) groups is 2. The summed E-state index contributed by atoms with van der Waals surface area (Å²) in [5, 5.41) is 13.8. The van der Waals surface area contributed by atoms with E-state index in [2.05, 4.69) is 28.1 Å². The van der Waals surface area contributed by atoms with Gasteiger partial charge in [0.25, 0.3) is 17.5 Å². The summed E-state index contributed by atoms with van der Waals surface area (Å²) in [5.74, 6) is 0.993. The number of carbonyl (C=O) groups excluding carboxylic acids is 2. The quantitative estimate of drug-likeness (QED) is 0.320. The Kier molecular flexibility index (Phi) is 8.37. The van der Waals surface area contributed by atoms with Gasteiger partial charge in [0.15, 0.2) is 0 Å². The maximum Gasteiger partial charge on any atom is 0.269 e. The van der Waals surface area contributed by atoms with Crippen LogP contribution in [0.25, 0.3) is 0 Å². The van der Waals surface area contributed by atoms with Gasteiger partial charge >= 0.3 is 0 Å². The number of piperidine rings is 1. The molecule has 10 heteroatoms. The van der Waals surface area contributed by atoms with E-state index in [-0.39, 0.29) is 11.6 Å². The zero-order chi connectivity index (χ0) is 28.9. The molecule has 2 amide bonds. The molecule has 0 spiro atoms. The number of ether oxygens (including phenoxy) is 1. The largest absolute Gasteiger partial charge is 0.495 e. The maximum atomic E-state index is 13.8. The van der Waals surface area contributed by atoms with Crippen LogP contribution in [0.3, 0.4) is 0 Å². The first-order valence-electron chi connectivity index (χ1n) is 14.0. The minimum Gasteiger partial charge on any atom is -0.495 e. The van der Waals surface area contributed by atoms with Crippen molar-refractivity contribution in [3.05, 3.63) is 88.0 Å². The molecule has 0 radical (unpaired) electrons. The highest BCUT2D eigenvalue weighted by atomic mass is 16.6. The first kappa shape index (κ1) is 27.9. The Balaban J connectivity index is 1.37. The van der Waals surface area contributed by atoms with Gasteiger partial charge in [0.2, 0.25) is 0 Å². The summed E-state index contributed by atoms with van der Waals surface area (Å²) in [6.45, 7) is 6.62. The fraction of sp³-hybridized carbons (Fsp3) is 0.355. The van der Waals surface area contributed by atoms with Crippen molar-refractivity contribution in [1.29, 1.82) is 0 Å². The topological polar surface area (TPSA) is 108 Å². The predicted octanol–water partition coefficient (Wildman–Crippen LogP) is 5.05. The number of nitrogens with zero attached hydrogens (tertiary/aromatic N) is 4. The number of hydrogen-bond donors (Lipinski definition) is 1. The van der Waals surface area contributed by atoms with Crippen LogP contribution in [0.15, 0.2) is 66.7 Å². The highest BCUT2D eigenvalue weighted by molar-refractivity contribution is 6.06. The van der Waals surface area contributed by atoms with Crippen molar-refractivity contribution in [2.45, 2.75) is 19.8 Å². The van der Waals surface area contributed by atoms with Gasteiger partial charge in [-0.05, 0) is 61.2 Å². The standard InChI is InChI=1S/C31H35N5O5/c1-22-13-15-35(16-14-22)31(38)26-21-24(32-30(37)23-7-10-25(11-8-23)36(39)40)9-12-27(26)33-17-19-34(20-18-33)28-5-3-4-6-29(28)41-2/h3-12,21-22H,13-20H2,1-2H3,(H,32,37). The van der Waals surface area contributed by atoms with Crippen molar-refractivity contribution in [2.24, 2.45) is 5.92 Å². The van der Waals surface area contributed by atoms with Crippen LogP contribution in [0.5, 0.6) is 5.75 Å². The third-order valence-electron chi connectivity index (χ3n) is 7.94. The SMILES string of the molecule is COc1ccccc1N1CCN(c2ccc(NC(=O)c3ccc([N+](=O)[O-])cc3)cc2C(=O)N2CCC(C)CC2)CC1. The van der Waals surface area contributed by atoms with Crippen molar-refractivity contribution < 1.29 is 19.2 Å². The number of nitro benzene ring substituents is 1. The van der Waals surface area contributed by atoms with Crippen LogP contribution in [0, 0.1) is 16.0 Å². The molecule has 0 bridgehead atoms. The number of anilines is 3. The lowest BCUT2D eigenvalue weighted by Gasteiger charge is -2.39. The van der Waals surface area contributed by atoms with E-state index < -0.39 is 10.8 Å². The lowest BCUT2D eigenvalue weighted by atomic mass is 9.98. The Hall–Kier alpha value is -4.60. The van der Waals surface area contributed by atoms with E-state index in [1.165, 1.54) is 24.3 Å². The van der Waals surface area contributed by atoms with Gasteiger partial charge in [-0.15, -0.1) is 0 Å². The van der Waals surface area contributed by atoms with E-state index in [1.807, 2.05) is 29.2 Å². The smallest absolute Gasteiger partial charge is 0.269 e. The Bertz CT molecular complexity index is 1410. The molecule has 41 heavy (non-hydrogen) atoms. The number of para-hydroxylation sites is 2. The molecule has 2 aliphatic rings. The van der Waals surface area contributed by atoms with E-state index >= 15 is 0 Å². The summed E-state index contributed by atoms with van der Waals surface area (Å²) < 4.78 is 5.56. The average Bonchev–Trinajstić information content (AvgIpc) is 3.01. The number of non-ortho nitro benzene ring substituents is 1. The number of methoxy groups -OCH3 is 1. The van der Waals surface area contributed by atoms with Crippen LogP contribution in [-0.2, 0) is 0 Å². The van der Waals surface area contributed by atoms with Crippen molar-refractivity contribution in [2.75, 3.05) is 61.5 Å². The van der Waals surface area contributed by atoms with Crippen molar-refractivity contribution in [1.82, 2.24) is 4.90 Å². The molecule has 1 N–H and O–H groups in total. The molecule has 3 aromatic rings. The molecule has 3 aromatic carbocycles. The number of rotatable bonds is 7. The minimum atomic E-state index is -0.504. The molecule has 2 saturated heterocycles. The van der Waals surface area contributed by atoms with Crippen LogP contribution >= 0.6 is 0 Å². The van der Waals surface area contributed by atoms with E-state index in [1.54, 1.807) is 19.2 Å². The molecule has 0 aromatic heterocycles. The maximum absolute atomic E-state index is 13.8. The van der Waals surface area contributed by atoms with E-state index in [0.717, 1.165) is 56.1 Å². The van der Waals surface area contributed by atoms with Gasteiger partial charge in [-0.25, -0.2) is 0 Å². The number of likely N-dealkylation sites (tertiary alicyclic amines) is 1. The van der Waals surface area contributed by atoms with E-state index in [0.29, 0.717) is 35.8 Å². The molecular formula is C31H35N5O5. The third kappa shape index (κ3) is 6.26. The summed E-state index contributed by atoms with van der Waals surface area (Å²) in [7, 11) is 1.68. The highest BCUT2D eigenvalue weighted by Gasteiger charge is 2.28. The molecular weight excluding hydrogens is 522 g/mol. The summed E-state index contributed by atoms with van der Waals surface area (Å²) in [6, 6.07) is 18.9. The van der Waals surface area contributed by atoms with Gasteiger partial charge in [-0.3, -0.25) is 19.7 Å². The molecule has 0 atom stereocenters. The van der Waals surface area contributed by atoms with Crippen LogP contribution in [0.1, 0.15) is 40.5 Å². The molecule has 214 valence electrons. The van der Waals surface area contributed by atoms with Gasteiger partial charge in [0.1, 0.15) is 5.75 Å². The zero-order valence-corrected chi connectivity index (χ0v) is 23.4. The Labute approximate surface area is 239 Å². The number of piperazine rings is 1. The summed E-state index contributed by atoms with van der Waals surface area (Å²) in [5.41, 5.74) is 3.18. The molecule has 0 aliphatic carbocycles. The van der Waals surface area contributed by atoms with E-state index in [9.17, 15) is 19.7 Å². The first-order valence-corrected chi connectivity index (χ1v) is 14.0. The van der Waals surface area contributed by atoms with Gasteiger partial charge in [-0.1, -0.05) is 19.1 Å². The first-order chi connectivity index (χ1) is 19.8. The van der Waals surface area contributed by atoms with Gasteiger partial charge in [0.05, 0.1) is 23.3 Å². The highest BCUT2D eigenvalue weighted by Crippen LogP contribution is 2.32. The number of benzene rings is 3. The van der Waals surface area contributed by atoms with Crippen molar-refractivity contribution in [3.8, 4) is 5.75 Å². The zero-order valence-electron chi connectivity index (χ0n) is 23.4. The van der Waals surface area contributed by atoms with Gasteiger partial charge < -0.3 is 24.8 Å². The number of amides is 2. The second kappa shape index (κ2) is 12.3.